The summed E-state index contributed by atoms with van der Waals surface area (Å²) >= 11 is 4.95. The van der Waals surface area contributed by atoms with Crippen LogP contribution in [0.3, 0.4) is 0 Å². The lowest BCUT2D eigenvalue weighted by Crippen LogP contribution is -2.36. The number of halogens is 1. The van der Waals surface area contributed by atoms with Crippen molar-refractivity contribution in [2.24, 2.45) is 4.99 Å². The Morgan fingerprint density at radius 2 is 1.82 bits per heavy atom. The van der Waals surface area contributed by atoms with E-state index in [1.807, 2.05) is 43.3 Å². The summed E-state index contributed by atoms with van der Waals surface area (Å²) < 4.78 is 12.4. The zero-order chi connectivity index (χ0) is 23.7. The SMILES string of the molecule is Cc1ccc(-c2ccc(/C=C3/SC(=Nc4ccc(N5CCOCC5)cc4)N(C)C3=O)o2)c(Br)c1. The van der Waals surface area contributed by atoms with Crippen molar-refractivity contribution in [1.82, 2.24) is 4.90 Å². The van der Waals surface area contributed by atoms with Crippen molar-refractivity contribution >= 4 is 56.2 Å². The molecule has 3 aromatic rings. The Balaban J connectivity index is 1.33. The molecule has 2 aliphatic heterocycles. The molecular weight excluding hydrogens is 514 g/mol. The number of aliphatic imine (C=N–C) groups is 1. The molecule has 6 nitrogen and oxygen atoms in total. The van der Waals surface area contributed by atoms with Crippen molar-refractivity contribution in [3.8, 4) is 11.3 Å². The van der Waals surface area contributed by atoms with Crippen molar-refractivity contribution in [2.45, 2.75) is 6.92 Å². The van der Waals surface area contributed by atoms with E-state index >= 15 is 0 Å². The first kappa shape index (κ1) is 23.0. The van der Waals surface area contributed by atoms with Crippen molar-refractivity contribution < 1.29 is 13.9 Å². The molecule has 2 fully saturated rings. The van der Waals surface area contributed by atoms with Gasteiger partial charge >= 0.3 is 0 Å². The molecule has 0 spiro atoms. The third-order valence-electron chi connectivity index (χ3n) is 5.74. The van der Waals surface area contributed by atoms with E-state index in [1.54, 1.807) is 18.0 Å². The van der Waals surface area contributed by atoms with Crippen LogP contribution < -0.4 is 4.90 Å². The van der Waals surface area contributed by atoms with Crippen molar-refractivity contribution in [3.63, 3.8) is 0 Å². The van der Waals surface area contributed by atoms with Gasteiger partial charge in [-0.1, -0.05) is 22.0 Å². The number of nitrogens with zero attached hydrogens (tertiary/aromatic N) is 3. The van der Waals surface area contributed by atoms with Gasteiger partial charge in [0.15, 0.2) is 5.17 Å². The molecule has 1 amide bonds. The van der Waals surface area contributed by atoms with Gasteiger partial charge in [0.1, 0.15) is 11.5 Å². The molecule has 2 saturated heterocycles. The van der Waals surface area contributed by atoms with Crippen molar-refractivity contribution in [1.29, 1.82) is 0 Å². The Bertz CT molecular complexity index is 1280. The summed E-state index contributed by atoms with van der Waals surface area (Å²) in [4.78, 5) is 22.0. The maximum absolute atomic E-state index is 12.8. The molecule has 1 aromatic heterocycles. The number of rotatable bonds is 4. The number of amides is 1. The smallest absolute Gasteiger partial charge is 0.266 e. The summed E-state index contributed by atoms with van der Waals surface area (Å²) in [6.07, 6.45) is 1.78. The average Bonchev–Trinajstić information content (AvgIpc) is 3.41. The number of carbonyl (C=O) groups excluding carboxylic acids is 1. The topological polar surface area (TPSA) is 58.3 Å². The highest BCUT2D eigenvalue weighted by Crippen LogP contribution is 2.35. The molecule has 0 aliphatic carbocycles. The highest BCUT2D eigenvalue weighted by atomic mass is 79.9. The minimum Gasteiger partial charge on any atom is -0.457 e. The molecule has 174 valence electrons. The monoisotopic (exact) mass is 537 g/mol. The number of morpholine rings is 1. The number of amidine groups is 1. The Kier molecular flexibility index (Phi) is 6.63. The summed E-state index contributed by atoms with van der Waals surface area (Å²) in [6, 6.07) is 18.0. The summed E-state index contributed by atoms with van der Waals surface area (Å²) in [6.45, 7) is 5.34. The number of likely N-dealkylation sites (N-methyl/N-ethyl adjacent to an activating group) is 1. The normalized spacial score (nSPS) is 19.0. The minimum absolute atomic E-state index is 0.0943. The predicted molar refractivity (Wildman–Crippen MR) is 141 cm³/mol. The second-order valence-corrected chi connectivity index (χ2v) is 10.0. The number of carbonyl (C=O) groups is 1. The Hall–Kier alpha value is -2.81. The standard InChI is InChI=1S/C26H24BrN3O3S/c1-17-3-9-21(22(27)15-17)23-10-8-20(33-23)16-24-25(31)29(2)26(34-24)28-18-4-6-19(7-5-18)30-11-13-32-14-12-30/h3-10,15-16H,11-14H2,1-2H3/b24-16+,28-26?. The van der Waals surface area contributed by atoms with E-state index in [9.17, 15) is 4.79 Å². The van der Waals surface area contributed by atoms with Crippen LogP contribution in [0.1, 0.15) is 11.3 Å². The van der Waals surface area contributed by atoms with Gasteiger partial charge in [0.25, 0.3) is 5.91 Å². The highest BCUT2D eigenvalue weighted by molar-refractivity contribution is 9.10. The van der Waals surface area contributed by atoms with Gasteiger partial charge in [0, 0.05) is 41.9 Å². The maximum atomic E-state index is 12.8. The summed E-state index contributed by atoms with van der Waals surface area (Å²) in [5, 5.41) is 0.642. The molecule has 34 heavy (non-hydrogen) atoms. The van der Waals surface area contributed by atoms with Gasteiger partial charge in [-0.2, -0.15) is 0 Å². The third-order valence-corrected chi connectivity index (χ3v) is 7.46. The summed E-state index contributed by atoms with van der Waals surface area (Å²) in [7, 11) is 1.74. The van der Waals surface area contributed by atoms with Crippen LogP contribution in [0.25, 0.3) is 17.4 Å². The van der Waals surface area contributed by atoms with E-state index in [-0.39, 0.29) is 5.91 Å². The van der Waals surface area contributed by atoms with Crippen LogP contribution in [0.4, 0.5) is 11.4 Å². The van der Waals surface area contributed by atoms with Crippen LogP contribution in [0.15, 0.2) is 73.4 Å². The lowest BCUT2D eigenvalue weighted by Gasteiger charge is -2.28. The van der Waals surface area contributed by atoms with Gasteiger partial charge in [-0.3, -0.25) is 9.69 Å². The number of hydrogen-bond donors (Lipinski definition) is 0. The molecule has 0 saturated carbocycles. The van der Waals surface area contributed by atoms with Crippen LogP contribution in [-0.2, 0) is 9.53 Å². The number of ether oxygens (including phenoxy) is 1. The fourth-order valence-corrected chi connectivity index (χ4v) is 5.50. The third kappa shape index (κ3) is 4.85. The maximum Gasteiger partial charge on any atom is 0.266 e. The van der Waals surface area contributed by atoms with Crippen LogP contribution in [0.5, 0.6) is 0 Å². The molecule has 2 aliphatic rings. The molecule has 0 unspecified atom stereocenters. The van der Waals surface area contributed by atoms with Gasteiger partial charge in [0.05, 0.1) is 23.8 Å². The lowest BCUT2D eigenvalue weighted by atomic mass is 10.1. The number of thioether (sulfide) groups is 1. The van der Waals surface area contributed by atoms with E-state index in [4.69, 9.17) is 14.1 Å². The molecule has 0 atom stereocenters. The molecule has 0 radical (unpaired) electrons. The Morgan fingerprint density at radius 1 is 1.06 bits per heavy atom. The first-order valence-corrected chi connectivity index (χ1v) is 12.6. The summed E-state index contributed by atoms with van der Waals surface area (Å²) in [5.74, 6) is 1.28. The first-order chi connectivity index (χ1) is 16.5. The zero-order valence-electron chi connectivity index (χ0n) is 19.0. The Labute approximate surface area is 211 Å². The Morgan fingerprint density at radius 3 is 2.56 bits per heavy atom. The molecule has 0 N–H and O–H groups in total. The van der Waals surface area contributed by atoms with E-state index in [0.717, 1.165) is 53.5 Å². The van der Waals surface area contributed by atoms with E-state index in [1.165, 1.54) is 17.3 Å². The van der Waals surface area contributed by atoms with Gasteiger partial charge in [-0.05, 0) is 72.8 Å². The minimum atomic E-state index is -0.0943. The average molecular weight is 538 g/mol. The van der Waals surface area contributed by atoms with Crippen LogP contribution in [-0.4, -0.2) is 49.3 Å². The van der Waals surface area contributed by atoms with Crippen molar-refractivity contribution in [3.05, 3.63) is 75.3 Å². The number of aryl methyl sites for hydroxylation is 1. The molecule has 0 bridgehead atoms. The van der Waals surface area contributed by atoms with Gasteiger partial charge < -0.3 is 14.1 Å². The fourth-order valence-electron chi connectivity index (χ4n) is 3.85. The van der Waals surface area contributed by atoms with Crippen molar-refractivity contribution in [2.75, 3.05) is 38.3 Å². The van der Waals surface area contributed by atoms with E-state index in [2.05, 4.69) is 39.0 Å². The summed E-state index contributed by atoms with van der Waals surface area (Å²) in [5.41, 5.74) is 4.11. The van der Waals surface area contributed by atoms with Crippen LogP contribution >= 0.6 is 27.7 Å². The largest absolute Gasteiger partial charge is 0.457 e. The number of benzene rings is 2. The van der Waals surface area contributed by atoms with Gasteiger partial charge in [-0.15, -0.1) is 0 Å². The number of furan rings is 1. The van der Waals surface area contributed by atoms with Crippen LogP contribution in [0, 0.1) is 6.92 Å². The van der Waals surface area contributed by atoms with Gasteiger partial charge in [0.2, 0.25) is 0 Å². The van der Waals surface area contributed by atoms with E-state index in [0.29, 0.717) is 15.8 Å². The fraction of sp³-hybridized carbons (Fsp3) is 0.231. The second kappa shape index (κ2) is 9.82. The molecule has 3 heterocycles. The predicted octanol–water partition coefficient (Wildman–Crippen LogP) is 6.09. The zero-order valence-corrected chi connectivity index (χ0v) is 21.4. The van der Waals surface area contributed by atoms with Gasteiger partial charge in [-0.25, -0.2) is 4.99 Å². The quantitative estimate of drug-likeness (QED) is 0.377. The molecule has 8 heteroatoms. The second-order valence-electron chi connectivity index (χ2n) is 8.17. The molecular formula is C26H24BrN3O3S. The highest BCUT2D eigenvalue weighted by Gasteiger charge is 2.30. The van der Waals surface area contributed by atoms with E-state index < -0.39 is 0 Å². The molecule has 2 aromatic carbocycles. The number of anilines is 1. The van der Waals surface area contributed by atoms with Crippen LogP contribution in [0.2, 0.25) is 0 Å². The lowest BCUT2D eigenvalue weighted by molar-refractivity contribution is -0.121. The number of hydrogen-bond acceptors (Lipinski definition) is 6. The molecule has 5 rings (SSSR count). The first-order valence-electron chi connectivity index (χ1n) is 11.0.